The topological polar surface area (TPSA) is 49.6 Å². The molecule has 1 aromatic heterocycles. The van der Waals surface area contributed by atoms with Crippen LogP contribution in [0, 0.1) is 2.88 Å². The average molecular weight is 413 g/mol. The third-order valence-corrected chi connectivity index (χ3v) is 5.43. The van der Waals surface area contributed by atoms with Crippen LogP contribution in [-0.4, -0.2) is 37.0 Å². The summed E-state index contributed by atoms with van der Waals surface area (Å²) < 4.78 is 1.15. The first-order valence-electron chi connectivity index (χ1n) is 6.77. The number of anilines is 2. The van der Waals surface area contributed by atoms with Gasteiger partial charge in [0.2, 0.25) is 0 Å². The summed E-state index contributed by atoms with van der Waals surface area (Å²) in [4.78, 5) is 16.6. The molecule has 1 aliphatic heterocycles. The SMILES string of the molecule is Nc1ccc(N2CCN(C(=O)c3csc(I)c3)CC2)cc1. The van der Waals surface area contributed by atoms with Crippen LogP contribution in [-0.2, 0) is 0 Å². The number of benzene rings is 1. The van der Waals surface area contributed by atoms with Crippen molar-refractivity contribution in [2.45, 2.75) is 0 Å². The van der Waals surface area contributed by atoms with Gasteiger partial charge in [-0.15, -0.1) is 11.3 Å². The van der Waals surface area contributed by atoms with Crippen molar-refractivity contribution in [2.24, 2.45) is 0 Å². The molecule has 0 saturated carbocycles. The van der Waals surface area contributed by atoms with Gasteiger partial charge in [-0.3, -0.25) is 4.79 Å². The Balaban J connectivity index is 1.62. The van der Waals surface area contributed by atoms with E-state index in [2.05, 4.69) is 27.5 Å². The monoisotopic (exact) mass is 413 g/mol. The molecule has 0 spiro atoms. The number of nitrogens with two attached hydrogens (primary N) is 1. The van der Waals surface area contributed by atoms with Gasteiger partial charge in [-0.1, -0.05) is 0 Å². The second kappa shape index (κ2) is 6.23. The molecule has 4 nitrogen and oxygen atoms in total. The summed E-state index contributed by atoms with van der Waals surface area (Å²) >= 11 is 3.86. The number of halogens is 1. The molecular weight excluding hydrogens is 397 g/mol. The Bertz CT molecular complexity index is 633. The largest absolute Gasteiger partial charge is 0.399 e. The van der Waals surface area contributed by atoms with E-state index in [1.807, 2.05) is 40.6 Å². The maximum atomic E-state index is 12.4. The lowest BCUT2D eigenvalue weighted by Crippen LogP contribution is -2.48. The van der Waals surface area contributed by atoms with Crippen molar-refractivity contribution in [3.05, 3.63) is 44.2 Å². The lowest BCUT2D eigenvalue weighted by atomic mass is 10.2. The Morgan fingerprint density at radius 2 is 1.81 bits per heavy atom. The minimum absolute atomic E-state index is 0.145. The highest BCUT2D eigenvalue weighted by atomic mass is 127. The van der Waals surface area contributed by atoms with Crippen LogP contribution in [0.4, 0.5) is 11.4 Å². The van der Waals surface area contributed by atoms with Crippen LogP contribution in [0.25, 0.3) is 0 Å². The third kappa shape index (κ3) is 3.32. The first-order valence-corrected chi connectivity index (χ1v) is 8.73. The summed E-state index contributed by atoms with van der Waals surface area (Å²) in [6, 6.07) is 9.86. The lowest BCUT2D eigenvalue weighted by molar-refractivity contribution is 0.0747. The van der Waals surface area contributed by atoms with Crippen molar-refractivity contribution < 1.29 is 4.79 Å². The van der Waals surface area contributed by atoms with Crippen LogP contribution in [0.1, 0.15) is 10.4 Å². The van der Waals surface area contributed by atoms with Gasteiger partial charge in [0.15, 0.2) is 0 Å². The quantitative estimate of drug-likeness (QED) is 0.609. The molecule has 1 fully saturated rings. The van der Waals surface area contributed by atoms with Crippen LogP contribution >= 0.6 is 33.9 Å². The first kappa shape index (κ1) is 14.6. The summed E-state index contributed by atoms with van der Waals surface area (Å²) in [7, 11) is 0. The molecule has 0 aliphatic carbocycles. The summed E-state index contributed by atoms with van der Waals surface area (Å²) in [5.41, 5.74) is 8.47. The number of thiophene rings is 1. The van der Waals surface area contributed by atoms with Crippen molar-refractivity contribution >= 4 is 51.2 Å². The molecule has 2 heterocycles. The molecule has 1 aliphatic rings. The zero-order chi connectivity index (χ0) is 14.8. The Kier molecular flexibility index (Phi) is 4.34. The van der Waals surface area contributed by atoms with Crippen molar-refractivity contribution in [1.29, 1.82) is 0 Å². The number of piperazine rings is 1. The Morgan fingerprint density at radius 1 is 1.14 bits per heavy atom. The summed E-state index contributed by atoms with van der Waals surface area (Å²) in [5, 5.41) is 1.94. The van der Waals surface area contributed by atoms with Crippen molar-refractivity contribution in [1.82, 2.24) is 4.90 Å². The van der Waals surface area contributed by atoms with Crippen molar-refractivity contribution in [2.75, 3.05) is 36.8 Å². The molecule has 1 amide bonds. The van der Waals surface area contributed by atoms with E-state index in [1.54, 1.807) is 11.3 Å². The minimum atomic E-state index is 0.145. The molecule has 0 bridgehead atoms. The molecule has 1 aromatic carbocycles. The van der Waals surface area contributed by atoms with Crippen LogP contribution in [0.5, 0.6) is 0 Å². The number of nitrogens with zero attached hydrogens (tertiary/aromatic N) is 2. The van der Waals surface area contributed by atoms with Crippen LogP contribution in [0.15, 0.2) is 35.7 Å². The fraction of sp³-hybridized carbons (Fsp3) is 0.267. The Hall–Kier alpha value is -1.28. The second-order valence-electron chi connectivity index (χ2n) is 5.01. The molecule has 2 aromatic rings. The molecule has 0 unspecified atom stereocenters. The summed E-state index contributed by atoms with van der Waals surface area (Å²) in [5.74, 6) is 0.145. The van der Waals surface area contributed by atoms with Crippen molar-refractivity contribution in [3.63, 3.8) is 0 Å². The number of nitrogen functional groups attached to an aromatic ring is 1. The van der Waals surface area contributed by atoms with E-state index in [9.17, 15) is 4.79 Å². The molecule has 2 N–H and O–H groups in total. The van der Waals surface area contributed by atoms with Gasteiger partial charge in [0.05, 0.1) is 8.45 Å². The lowest BCUT2D eigenvalue weighted by Gasteiger charge is -2.36. The van der Waals surface area contributed by atoms with Gasteiger partial charge in [0, 0.05) is 42.9 Å². The fourth-order valence-electron chi connectivity index (χ4n) is 2.46. The van der Waals surface area contributed by atoms with Gasteiger partial charge in [-0.25, -0.2) is 0 Å². The summed E-state index contributed by atoms with van der Waals surface area (Å²) in [6.45, 7) is 3.24. The molecule has 3 rings (SSSR count). The molecule has 6 heteroatoms. The second-order valence-corrected chi connectivity index (χ2v) is 7.82. The highest BCUT2D eigenvalue weighted by Crippen LogP contribution is 2.21. The fourth-order valence-corrected chi connectivity index (χ4v) is 3.78. The number of hydrogen-bond acceptors (Lipinski definition) is 4. The predicted octanol–water partition coefficient (Wildman–Crippen LogP) is 2.90. The molecule has 110 valence electrons. The smallest absolute Gasteiger partial charge is 0.254 e. The van der Waals surface area contributed by atoms with Gasteiger partial charge >= 0.3 is 0 Å². The zero-order valence-electron chi connectivity index (χ0n) is 11.5. The molecule has 1 saturated heterocycles. The van der Waals surface area contributed by atoms with Crippen LogP contribution in [0.2, 0.25) is 0 Å². The molecule has 0 radical (unpaired) electrons. The standard InChI is InChI=1S/C15H16IN3OS/c16-14-9-11(10-21-14)15(20)19-7-5-18(6-8-19)13-3-1-12(17)2-4-13/h1-4,9-10H,5-8,17H2. The van der Waals surface area contributed by atoms with Crippen LogP contribution < -0.4 is 10.6 Å². The van der Waals surface area contributed by atoms with Gasteiger partial charge in [0.1, 0.15) is 0 Å². The van der Waals surface area contributed by atoms with Gasteiger partial charge < -0.3 is 15.5 Å². The number of amides is 1. The number of carbonyl (C=O) groups excluding carboxylic acids is 1. The number of carbonyl (C=O) groups is 1. The van der Waals surface area contributed by atoms with Gasteiger partial charge in [-0.05, 0) is 52.9 Å². The van der Waals surface area contributed by atoms with Gasteiger partial charge in [0.25, 0.3) is 5.91 Å². The zero-order valence-corrected chi connectivity index (χ0v) is 14.4. The van der Waals surface area contributed by atoms with E-state index in [-0.39, 0.29) is 5.91 Å². The van der Waals surface area contributed by atoms with E-state index in [0.717, 1.165) is 40.3 Å². The van der Waals surface area contributed by atoms with E-state index >= 15 is 0 Å². The predicted molar refractivity (Wildman–Crippen MR) is 96.0 cm³/mol. The Labute approximate surface area is 141 Å². The van der Waals surface area contributed by atoms with Crippen molar-refractivity contribution in [3.8, 4) is 0 Å². The summed E-state index contributed by atoms with van der Waals surface area (Å²) in [6.07, 6.45) is 0. The average Bonchev–Trinajstić information content (AvgIpc) is 2.94. The normalized spacial score (nSPS) is 15.3. The van der Waals surface area contributed by atoms with E-state index in [0.29, 0.717) is 0 Å². The highest BCUT2D eigenvalue weighted by Gasteiger charge is 2.22. The number of hydrogen-bond donors (Lipinski definition) is 1. The maximum absolute atomic E-state index is 12.4. The van der Waals surface area contributed by atoms with E-state index in [1.165, 1.54) is 5.69 Å². The molecule has 0 atom stereocenters. The first-order chi connectivity index (χ1) is 10.1. The third-order valence-electron chi connectivity index (χ3n) is 3.64. The maximum Gasteiger partial charge on any atom is 0.254 e. The van der Waals surface area contributed by atoms with E-state index < -0.39 is 0 Å². The van der Waals surface area contributed by atoms with Crippen LogP contribution in [0.3, 0.4) is 0 Å². The highest BCUT2D eigenvalue weighted by molar-refractivity contribution is 14.1. The molecule has 21 heavy (non-hydrogen) atoms. The Morgan fingerprint density at radius 3 is 2.38 bits per heavy atom. The minimum Gasteiger partial charge on any atom is -0.399 e. The number of rotatable bonds is 2. The van der Waals surface area contributed by atoms with Gasteiger partial charge in [-0.2, -0.15) is 0 Å². The van der Waals surface area contributed by atoms with E-state index in [4.69, 9.17) is 5.73 Å². The molecular formula is C15H16IN3OS.